The number of alkyl halides is 3. The van der Waals surface area contributed by atoms with Gasteiger partial charge in [0.1, 0.15) is 0 Å². The molecule has 0 amide bonds. The lowest BCUT2D eigenvalue weighted by molar-refractivity contribution is -0.137. The summed E-state index contributed by atoms with van der Waals surface area (Å²) in [6.07, 6.45) is -3.56. The SMILES string of the molecule is Cc1cc(CC(C)N)c(C)n1-c1ccc(C(F)(F)F)cc1. The Labute approximate surface area is 122 Å². The van der Waals surface area contributed by atoms with Crippen LogP contribution < -0.4 is 5.73 Å². The first kappa shape index (κ1) is 15.6. The fourth-order valence-corrected chi connectivity index (χ4v) is 2.58. The molecule has 5 heteroatoms. The van der Waals surface area contributed by atoms with E-state index in [1.165, 1.54) is 12.1 Å². The summed E-state index contributed by atoms with van der Waals surface area (Å²) in [5, 5.41) is 0. The standard InChI is InChI=1S/C16H19F3N2/c1-10(20)8-13-9-11(2)21(12(13)3)15-6-4-14(5-7-15)16(17,18)19/h4-7,9-10H,8,20H2,1-3H3. The average Bonchev–Trinajstić information content (AvgIpc) is 2.63. The minimum atomic E-state index is -4.31. The van der Waals surface area contributed by atoms with Crippen LogP contribution in [0.3, 0.4) is 0 Å². The van der Waals surface area contributed by atoms with Gasteiger partial charge in [0.15, 0.2) is 0 Å². The highest BCUT2D eigenvalue weighted by Crippen LogP contribution is 2.30. The largest absolute Gasteiger partial charge is 0.416 e. The summed E-state index contributed by atoms with van der Waals surface area (Å²) >= 11 is 0. The van der Waals surface area contributed by atoms with E-state index in [2.05, 4.69) is 0 Å². The molecule has 1 heterocycles. The number of nitrogens with two attached hydrogens (primary N) is 1. The maximum absolute atomic E-state index is 12.6. The van der Waals surface area contributed by atoms with Crippen molar-refractivity contribution in [3.8, 4) is 5.69 Å². The van der Waals surface area contributed by atoms with E-state index in [1.807, 2.05) is 31.4 Å². The Bertz CT molecular complexity index is 622. The van der Waals surface area contributed by atoms with Crippen molar-refractivity contribution in [2.45, 2.75) is 39.4 Å². The van der Waals surface area contributed by atoms with Gasteiger partial charge in [-0.1, -0.05) is 0 Å². The Kier molecular flexibility index (Phi) is 4.14. The number of hydrogen-bond donors (Lipinski definition) is 1. The Hall–Kier alpha value is -1.75. The lowest BCUT2D eigenvalue weighted by Gasteiger charge is -2.12. The smallest absolute Gasteiger partial charge is 0.328 e. The Morgan fingerprint density at radius 3 is 2.19 bits per heavy atom. The third-order valence-electron chi connectivity index (χ3n) is 3.53. The van der Waals surface area contributed by atoms with Gasteiger partial charge in [0, 0.05) is 23.1 Å². The van der Waals surface area contributed by atoms with Gasteiger partial charge in [-0.15, -0.1) is 0 Å². The van der Waals surface area contributed by atoms with Gasteiger partial charge < -0.3 is 10.3 Å². The van der Waals surface area contributed by atoms with Crippen LogP contribution in [0.15, 0.2) is 30.3 Å². The number of halogens is 3. The van der Waals surface area contributed by atoms with Crippen LogP contribution in [0.4, 0.5) is 13.2 Å². The van der Waals surface area contributed by atoms with Crippen LogP contribution in [0.5, 0.6) is 0 Å². The molecule has 21 heavy (non-hydrogen) atoms. The molecule has 0 spiro atoms. The van der Waals surface area contributed by atoms with Gasteiger partial charge in [-0.25, -0.2) is 0 Å². The van der Waals surface area contributed by atoms with Crippen molar-refractivity contribution in [1.82, 2.24) is 4.57 Å². The molecule has 0 aliphatic rings. The lowest BCUT2D eigenvalue weighted by Crippen LogP contribution is -2.18. The van der Waals surface area contributed by atoms with Gasteiger partial charge in [0.25, 0.3) is 0 Å². The van der Waals surface area contributed by atoms with E-state index in [0.717, 1.165) is 41.2 Å². The van der Waals surface area contributed by atoms with Crippen LogP contribution in [0.1, 0.15) is 29.4 Å². The van der Waals surface area contributed by atoms with Gasteiger partial charge in [-0.05, 0) is 63.1 Å². The molecule has 1 aromatic carbocycles. The zero-order chi connectivity index (χ0) is 15.8. The summed E-state index contributed by atoms with van der Waals surface area (Å²) < 4.78 is 39.8. The highest BCUT2D eigenvalue weighted by atomic mass is 19.4. The van der Waals surface area contributed by atoms with E-state index in [0.29, 0.717) is 0 Å². The average molecular weight is 296 g/mol. The Balaban J connectivity index is 2.40. The van der Waals surface area contributed by atoms with Crippen molar-refractivity contribution in [3.63, 3.8) is 0 Å². The Morgan fingerprint density at radius 2 is 1.71 bits per heavy atom. The van der Waals surface area contributed by atoms with Crippen molar-refractivity contribution < 1.29 is 13.2 Å². The van der Waals surface area contributed by atoms with E-state index in [4.69, 9.17) is 5.73 Å². The summed E-state index contributed by atoms with van der Waals surface area (Å²) in [7, 11) is 0. The van der Waals surface area contributed by atoms with Crippen molar-refractivity contribution >= 4 is 0 Å². The van der Waals surface area contributed by atoms with Gasteiger partial charge in [-0.3, -0.25) is 0 Å². The van der Waals surface area contributed by atoms with E-state index in [1.54, 1.807) is 0 Å². The molecule has 1 aromatic heterocycles. The monoisotopic (exact) mass is 296 g/mol. The first-order chi connectivity index (χ1) is 9.70. The minimum Gasteiger partial charge on any atom is -0.328 e. The first-order valence-corrected chi connectivity index (χ1v) is 6.81. The fraction of sp³-hybridized carbons (Fsp3) is 0.375. The van der Waals surface area contributed by atoms with Crippen LogP contribution in [-0.4, -0.2) is 10.6 Å². The molecule has 2 N–H and O–H groups in total. The number of benzene rings is 1. The molecular formula is C16H19F3N2. The van der Waals surface area contributed by atoms with E-state index >= 15 is 0 Å². The molecule has 0 radical (unpaired) electrons. The molecule has 1 atom stereocenters. The molecule has 2 aromatic rings. The molecule has 0 fully saturated rings. The van der Waals surface area contributed by atoms with Crippen molar-refractivity contribution in [1.29, 1.82) is 0 Å². The number of nitrogens with zero attached hydrogens (tertiary/aromatic N) is 1. The summed E-state index contributed by atoms with van der Waals surface area (Å²) in [6.45, 7) is 5.84. The molecule has 114 valence electrons. The zero-order valence-corrected chi connectivity index (χ0v) is 12.3. The van der Waals surface area contributed by atoms with Crippen LogP contribution in [0.2, 0.25) is 0 Å². The van der Waals surface area contributed by atoms with Crippen LogP contribution >= 0.6 is 0 Å². The third-order valence-corrected chi connectivity index (χ3v) is 3.53. The molecule has 2 nitrogen and oxygen atoms in total. The van der Waals surface area contributed by atoms with Crippen LogP contribution in [0.25, 0.3) is 5.69 Å². The number of hydrogen-bond acceptors (Lipinski definition) is 1. The topological polar surface area (TPSA) is 30.9 Å². The highest BCUT2D eigenvalue weighted by Gasteiger charge is 2.30. The summed E-state index contributed by atoms with van der Waals surface area (Å²) in [6, 6.07) is 7.30. The predicted octanol–water partition coefficient (Wildman–Crippen LogP) is 4.00. The molecular weight excluding hydrogens is 277 g/mol. The van der Waals surface area contributed by atoms with Crippen molar-refractivity contribution in [2.75, 3.05) is 0 Å². The van der Waals surface area contributed by atoms with E-state index in [-0.39, 0.29) is 6.04 Å². The third kappa shape index (κ3) is 3.29. The van der Waals surface area contributed by atoms with Crippen molar-refractivity contribution in [2.24, 2.45) is 5.73 Å². The van der Waals surface area contributed by atoms with Crippen LogP contribution in [-0.2, 0) is 12.6 Å². The molecule has 0 saturated carbocycles. The molecule has 2 rings (SSSR count). The summed E-state index contributed by atoms with van der Waals surface area (Å²) in [4.78, 5) is 0. The quantitative estimate of drug-likeness (QED) is 0.911. The predicted molar refractivity (Wildman–Crippen MR) is 77.6 cm³/mol. The van der Waals surface area contributed by atoms with Gasteiger partial charge in [-0.2, -0.15) is 13.2 Å². The molecule has 1 unspecified atom stereocenters. The molecule has 0 aliphatic carbocycles. The first-order valence-electron chi connectivity index (χ1n) is 6.81. The zero-order valence-electron chi connectivity index (χ0n) is 12.3. The maximum Gasteiger partial charge on any atom is 0.416 e. The summed E-state index contributed by atoms with van der Waals surface area (Å²) in [5.74, 6) is 0. The fourth-order valence-electron chi connectivity index (χ4n) is 2.58. The van der Waals surface area contributed by atoms with Crippen LogP contribution in [0, 0.1) is 13.8 Å². The molecule has 0 saturated heterocycles. The number of aryl methyl sites for hydroxylation is 1. The second kappa shape index (κ2) is 5.56. The normalized spacial score (nSPS) is 13.5. The van der Waals surface area contributed by atoms with Gasteiger partial charge >= 0.3 is 6.18 Å². The van der Waals surface area contributed by atoms with Gasteiger partial charge in [0.2, 0.25) is 0 Å². The number of aromatic nitrogens is 1. The molecule has 0 bridgehead atoms. The highest BCUT2D eigenvalue weighted by molar-refractivity contribution is 5.43. The van der Waals surface area contributed by atoms with Crippen molar-refractivity contribution in [3.05, 3.63) is 52.8 Å². The Morgan fingerprint density at radius 1 is 1.14 bits per heavy atom. The van der Waals surface area contributed by atoms with Gasteiger partial charge in [0.05, 0.1) is 5.56 Å². The lowest BCUT2D eigenvalue weighted by atomic mass is 10.1. The summed E-state index contributed by atoms with van der Waals surface area (Å²) in [5.41, 5.74) is 9.05. The second-order valence-electron chi connectivity index (χ2n) is 5.46. The molecule has 0 aliphatic heterocycles. The number of rotatable bonds is 3. The minimum absolute atomic E-state index is 0.0477. The maximum atomic E-state index is 12.6. The van der Waals surface area contributed by atoms with E-state index in [9.17, 15) is 13.2 Å². The second-order valence-corrected chi connectivity index (χ2v) is 5.46. The van der Waals surface area contributed by atoms with E-state index < -0.39 is 11.7 Å².